The Bertz CT molecular complexity index is 459. The molecule has 0 radical (unpaired) electrons. The molecule has 0 heterocycles. The van der Waals surface area contributed by atoms with E-state index in [1.165, 1.54) is 0 Å². The molecule has 0 unspecified atom stereocenters. The Hall–Kier alpha value is -1.04. The molecule has 1 aliphatic rings. The van der Waals surface area contributed by atoms with E-state index in [1.54, 1.807) is 0 Å². The van der Waals surface area contributed by atoms with Crippen molar-refractivity contribution in [2.24, 2.45) is 11.8 Å². The predicted octanol–water partition coefficient (Wildman–Crippen LogP) is 4.23. The molecule has 100 valence electrons. The summed E-state index contributed by atoms with van der Waals surface area (Å²) in [4.78, 5) is 0. The van der Waals surface area contributed by atoms with Crippen LogP contribution in [0.2, 0.25) is 5.02 Å². The van der Waals surface area contributed by atoms with Gasteiger partial charge in [0, 0.05) is 6.54 Å². The van der Waals surface area contributed by atoms with Gasteiger partial charge in [-0.1, -0.05) is 11.6 Å². The molecular formula is C11H9ClF5N. The highest BCUT2D eigenvalue weighted by Gasteiger charge is 2.55. The highest BCUT2D eigenvalue weighted by molar-refractivity contribution is 6.31. The summed E-state index contributed by atoms with van der Waals surface area (Å²) in [6.45, 7) is -0.0109. The second-order valence-corrected chi connectivity index (χ2v) is 4.63. The SMILES string of the molecule is Fc1ccc(NC[C@@H]2C[C@H]2C(F)(F)F)c(F)c1Cl. The number of anilines is 1. The molecule has 18 heavy (non-hydrogen) atoms. The van der Waals surface area contributed by atoms with Crippen molar-refractivity contribution in [2.45, 2.75) is 12.6 Å². The highest BCUT2D eigenvalue weighted by atomic mass is 35.5. The molecule has 1 saturated carbocycles. The topological polar surface area (TPSA) is 12.0 Å². The summed E-state index contributed by atoms with van der Waals surface area (Å²) >= 11 is 5.35. The number of hydrogen-bond acceptors (Lipinski definition) is 1. The summed E-state index contributed by atoms with van der Waals surface area (Å²) in [5.74, 6) is -3.78. The second-order valence-electron chi connectivity index (χ2n) is 4.25. The van der Waals surface area contributed by atoms with Gasteiger partial charge in [-0.2, -0.15) is 13.2 Å². The third-order valence-corrected chi connectivity index (χ3v) is 3.28. The van der Waals surface area contributed by atoms with E-state index in [2.05, 4.69) is 5.32 Å². The van der Waals surface area contributed by atoms with Gasteiger partial charge < -0.3 is 5.32 Å². The molecule has 1 fully saturated rings. The van der Waals surface area contributed by atoms with Gasteiger partial charge in [0.15, 0.2) is 5.82 Å². The van der Waals surface area contributed by atoms with Gasteiger partial charge in [0.2, 0.25) is 0 Å². The van der Waals surface area contributed by atoms with Crippen LogP contribution in [0, 0.1) is 23.5 Å². The molecule has 0 spiro atoms. The largest absolute Gasteiger partial charge is 0.392 e. The maximum absolute atomic E-state index is 13.4. The van der Waals surface area contributed by atoms with Crippen LogP contribution in [-0.2, 0) is 0 Å². The molecule has 1 N–H and O–H groups in total. The lowest BCUT2D eigenvalue weighted by Gasteiger charge is -2.09. The fraction of sp³-hybridized carbons (Fsp3) is 0.455. The zero-order valence-electron chi connectivity index (χ0n) is 8.99. The molecule has 2 rings (SSSR count). The smallest absolute Gasteiger partial charge is 0.382 e. The quantitative estimate of drug-likeness (QED) is 0.647. The fourth-order valence-corrected chi connectivity index (χ4v) is 1.94. The van der Waals surface area contributed by atoms with Crippen LogP contribution in [0.25, 0.3) is 0 Å². The van der Waals surface area contributed by atoms with Crippen LogP contribution >= 0.6 is 11.6 Å². The van der Waals surface area contributed by atoms with E-state index < -0.39 is 34.7 Å². The standard InChI is InChI=1S/C11H9ClF5N/c12-9-7(13)1-2-8(10(9)14)18-4-5-3-6(5)11(15,16)17/h1-2,5-6,18H,3-4H2/t5-,6+/m0/s1. The third kappa shape index (κ3) is 2.68. The van der Waals surface area contributed by atoms with Crippen molar-refractivity contribution in [3.05, 3.63) is 28.8 Å². The number of hydrogen-bond donors (Lipinski definition) is 1. The molecule has 0 saturated heterocycles. The summed E-state index contributed by atoms with van der Waals surface area (Å²) in [7, 11) is 0. The Labute approximate surface area is 105 Å². The van der Waals surface area contributed by atoms with Gasteiger partial charge in [-0.15, -0.1) is 0 Å². The van der Waals surface area contributed by atoms with E-state index in [4.69, 9.17) is 11.6 Å². The monoisotopic (exact) mass is 285 g/mol. The number of benzene rings is 1. The van der Waals surface area contributed by atoms with Gasteiger partial charge in [-0.3, -0.25) is 0 Å². The van der Waals surface area contributed by atoms with Crippen molar-refractivity contribution >= 4 is 17.3 Å². The van der Waals surface area contributed by atoms with Crippen LogP contribution in [0.4, 0.5) is 27.6 Å². The Morgan fingerprint density at radius 2 is 1.94 bits per heavy atom. The Balaban J connectivity index is 1.95. The first-order valence-corrected chi connectivity index (χ1v) is 5.62. The number of nitrogens with one attached hydrogen (secondary N) is 1. The lowest BCUT2D eigenvalue weighted by atomic mass is 10.2. The molecule has 0 aromatic heterocycles. The van der Waals surface area contributed by atoms with E-state index in [-0.39, 0.29) is 18.7 Å². The number of alkyl halides is 3. The number of rotatable bonds is 3. The van der Waals surface area contributed by atoms with Crippen LogP contribution in [0.1, 0.15) is 6.42 Å². The van der Waals surface area contributed by atoms with Crippen molar-refractivity contribution in [3.8, 4) is 0 Å². The molecule has 1 aromatic carbocycles. The number of halogens is 6. The zero-order chi connectivity index (χ0) is 13.5. The van der Waals surface area contributed by atoms with Crippen molar-refractivity contribution in [1.82, 2.24) is 0 Å². The fourth-order valence-electron chi connectivity index (χ4n) is 1.78. The summed E-state index contributed by atoms with van der Waals surface area (Å²) in [5.41, 5.74) is -0.0887. The first-order valence-electron chi connectivity index (χ1n) is 5.24. The van der Waals surface area contributed by atoms with Gasteiger partial charge in [0.25, 0.3) is 0 Å². The van der Waals surface area contributed by atoms with Gasteiger partial charge in [0.1, 0.15) is 10.8 Å². The van der Waals surface area contributed by atoms with Crippen molar-refractivity contribution in [3.63, 3.8) is 0 Å². The van der Waals surface area contributed by atoms with Crippen molar-refractivity contribution in [1.29, 1.82) is 0 Å². The van der Waals surface area contributed by atoms with E-state index in [0.717, 1.165) is 12.1 Å². The van der Waals surface area contributed by atoms with Gasteiger partial charge in [-0.05, 0) is 24.5 Å². The van der Waals surface area contributed by atoms with E-state index in [9.17, 15) is 22.0 Å². The molecule has 7 heteroatoms. The molecule has 1 aromatic rings. The molecule has 1 aliphatic carbocycles. The van der Waals surface area contributed by atoms with Gasteiger partial charge >= 0.3 is 6.18 Å². The van der Waals surface area contributed by atoms with Crippen LogP contribution in [0.3, 0.4) is 0 Å². The molecular weight excluding hydrogens is 277 g/mol. The van der Waals surface area contributed by atoms with Crippen LogP contribution in [0.5, 0.6) is 0 Å². The molecule has 0 amide bonds. The first-order chi connectivity index (χ1) is 8.30. The van der Waals surface area contributed by atoms with Crippen molar-refractivity contribution < 1.29 is 22.0 Å². The zero-order valence-corrected chi connectivity index (χ0v) is 9.75. The van der Waals surface area contributed by atoms with E-state index in [1.807, 2.05) is 0 Å². The van der Waals surface area contributed by atoms with Crippen LogP contribution in [-0.4, -0.2) is 12.7 Å². The lowest BCUT2D eigenvalue weighted by molar-refractivity contribution is -0.150. The Kier molecular flexibility index (Phi) is 3.40. The predicted molar refractivity (Wildman–Crippen MR) is 57.5 cm³/mol. The highest BCUT2D eigenvalue weighted by Crippen LogP contribution is 2.50. The second kappa shape index (κ2) is 4.57. The average molecular weight is 286 g/mol. The van der Waals surface area contributed by atoms with Crippen LogP contribution in [0.15, 0.2) is 12.1 Å². The minimum atomic E-state index is -4.20. The summed E-state index contributed by atoms with van der Waals surface area (Å²) in [5, 5.41) is 1.86. The minimum Gasteiger partial charge on any atom is -0.382 e. The molecule has 2 atom stereocenters. The molecule has 1 nitrogen and oxygen atoms in total. The molecule has 0 bridgehead atoms. The maximum atomic E-state index is 13.4. The van der Waals surface area contributed by atoms with Crippen LogP contribution < -0.4 is 5.32 Å². The normalized spacial score (nSPS) is 23.0. The third-order valence-electron chi connectivity index (χ3n) is 2.93. The Morgan fingerprint density at radius 3 is 2.50 bits per heavy atom. The van der Waals surface area contributed by atoms with Gasteiger partial charge in [0.05, 0.1) is 11.6 Å². The summed E-state index contributed by atoms with van der Waals surface area (Å²) in [6, 6.07) is 2.07. The van der Waals surface area contributed by atoms with Crippen molar-refractivity contribution in [2.75, 3.05) is 11.9 Å². The maximum Gasteiger partial charge on any atom is 0.392 e. The lowest BCUT2D eigenvalue weighted by Crippen LogP contribution is -2.15. The summed E-state index contributed by atoms with van der Waals surface area (Å²) in [6.07, 6.45) is -4.17. The van der Waals surface area contributed by atoms with Gasteiger partial charge in [-0.25, -0.2) is 8.78 Å². The molecule has 0 aliphatic heterocycles. The minimum absolute atomic E-state index is 0.0109. The Morgan fingerprint density at radius 1 is 1.28 bits per heavy atom. The summed E-state index contributed by atoms with van der Waals surface area (Å²) < 4.78 is 63.0. The first kappa shape index (κ1) is 13.4. The van der Waals surface area contributed by atoms with E-state index >= 15 is 0 Å². The average Bonchev–Trinajstić information content (AvgIpc) is 3.04. The van der Waals surface area contributed by atoms with E-state index in [0.29, 0.717) is 0 Å².